The summed E-state index contributed by atoms with van der Waals surface area (Å²) < 4.78 is 1.89. The Morgan fingerprint density at radius 1 is 1.57 bits per heavy atom. The average molecular weight is 193 g/mol. The van der Waals surface area contributed by atoms with Crippen LogP contribution in [-0.4, -0.2) is 22.9 Å². The smallest absolute Gasteiger partial charge is 0.0521 e. The molecular weight excluding hydrogens is 174 g/mol. The molecule has 1 aromatic heterocycles. The van der Waals surface area contributed by atoms with E-state index in [0.717, 1.165) is 12.0 Å². The number of nitrogens with one attached hydrogen (secondary N) is 1. The van der Waals surface area contributed by atoms with Crippen LogP contribution >= 0.6 is 0 Å². The molecule has 0 amide bonds. The molecule has 78 valence electrons. The molecule has 0 aliphatic heterocycles. The summed E-state index contributed by atoms with van der Waals surface area (Å²) >= 11 is 0. The molecule has 1 aliphatic rings. The van der Waals surface area contributed by atoms with Crippen molar-refractivity contribution in [1.29, 1.82) is 0 Å². The van der Waals surface area contributed by atoms with Gasteiger partial charge in [-0.25, -0.2) is 0 Å². The molecule has 0 radical (unpaired) electrons. The van der Waals surface area contributed by atoms with Gasteiger partial charge in [0.2, 0.25) is 0 Å². The van der Waals surface area contributed by atoms with Crippen LogP contribution in [0.15, 0.2) is 12.4 Å². The number of nitrogens with zero attached hydrogens (tertiary/aromatic N) is 2. The van der Waals surface area contributed by atoms with Crippen LogP contribution in [0.2, 0.25) is 0 Å². The Labute approximate surface area is 85.5 Å². The minimum Gasteiger partial charge on any atom is -0.317 e. The van der Waals surface area contributed by atoms with Crippen molar-refractivity contribution in [3.05, 3.63) is 18.0 Å². The summed E-state index contributed by atoms with van der Waals surface area (Å²) in [6.07, 6.45) is 9.35. The van der Waals surface area contributed by atoms with Crippen molar-refractivity contribution in [2.45, 2.75) is 31.7 Å². The number of hydrogen-bond donors (Lipinski definition) is 1. The third-order valence-electron chi connectivity index (χ3n) is 3.23. The van der Waals surface area contributed by atoms with E-state index in [1.807, 2.05) is 17.9 Å². The number of aryl methyl sites for hydroxylation is 1. The summed E-state index contributed by atoms with van der Waals surface area (Å²) in [5.41, 5.74) is 1.38. The van der Waals surface area contributed by atoms with Gasteiger partial charge < -0.3 is 5.32 Å². The minimum atomic E-state index is 0.747. The summed E-state index contributed by atoms with van der Waals surface area (Å²) in [5.74, 6) is 0.858. The van der Waals surface area contributed by atoms with Crippen molar-refractivity contribution in [2.24, 2.45) is 13.0 Å². The van der Waals surface area contributed by atoms with E-state index >= 15 is 0 Å². The molecule has 1 fully saturated rings. The van der Waals surface area contributed by atoms with Crippen LogP contribution in [-0.2, 0) is 13.5 Å². The molecule has 14 heavy (non-hydrogen) atoms. The monoisotopic (exact) mass is 193 g/mol. The van der Waals surface area contributed by atoms with Crippen molar-refractivity contribution in [3.63, 3.8) is 0 Å². The maximum atomic E-state index is 4.20. The van der Waals surface area contributed by atoms with Crippen molar-refractivity contribution < 1.29 is 0 Å². The summed E-state index contributed by atoms with van der Waals surface area (Å²) in [7, 11) is 4.05. The molecule has 2 unspecified atom stereocenters. The number of rotatable bonds is 3. The molecule has 0 saturated heterocycles. The van der Waals surface area contributed by atoms with Crippen LogP contribution in [0.5, 0.6) is 0 Å². The van der Waals surface area contributed by atoms with E-state index in [-0.39, 0.29) is 0 Å². The Morgan fingerprint density at radius 2 is 2.43 bits per heavy atom. The topological polar surface area (TPSA) is 29.9 Å². The molecular formula is C11H19N3. The normalized spacial score (nSPS) is 27.0. The van der Waals surface area contributed by atoms with Gasteiger partial charge in [-0.15, -0.1) is 0 Å². The first-order chi connectivity index (χ1) is 6.78. The van der Waals surface area contributed by atoms with Gasteiger partial charge in [-0.05, 0) is 44.2 Å². The first kappa shape index (κ1) is 9.71. The van der Waals surface area contributed by atoms with Crippen LogP contribution < -0.4 is 5.32 Å². The molecule has 3 nitrogen and oxygen atoms in total. The fourth-order valence-corrected chi connectivity index (χ4v) is 2.43. The van der Waals surface area contributed by atoms with Gasteiger partial charge in [0.25, 0.3) is 0 Å². The molecule has 2 rings (SSSR count). The molecule has 0 bridgehead atoms. The highest BCUT2D eigenvalue weighted by Crippen LogP contribution is 2.28. The third-order valence-corrected chi connectivity index (χ3v) is 3.23. The maximum Gasteiger partial charge on any atom is 0.0521 e. The number of hydrogen-bond acceptors (Lipinski definition) is 2. The van der Waals surface area contributed by atoms with Gasteiger partial charge in [0.05, 0.1) is 6.20 Å². The standard InChI is InChI=1S/C11H19N3/c1-12-11-4-3-9(6-11)5-10-7-13-14(2)8-10/h7-9,11-12H,3-6H2,1-2H3. The quantitative estimate of drug-likeness (QED) is 0.785. The molecule has 1 heterocycles. The predicted octanol–water partition coefficient (Wildman–Crippen LogP) is 1.35. The van der Waals surface area contributed by atoms with Crippen LogP contribution in [0.1, 0.15) is 24.8 Å². The second-order valence-electron chi connectivity index (χ2n) is 4.39. The molecule has 1 aromatic rings. The van der Waals surface area contributed by atoms with Gasteiger partial charge in [0, 0.05) is 19.3 Å². The molecule has 1 N–H and O–H groups in total. The SMILES string of the molecule is CNC1CCC(Cc2cnn(C)c2)C1. The van der Waals surface area contributed by atoms with Crippen LogP contribution in [0, 0.1) is 5.92 Å². The van der Waals surface area contributed by atoms with Crippen molar-refractivity contribution in [1.82, 2.24) is 15.1 Å². The molecule has 1 aliphatic carbocycles. The Hall–Kier alpha value is -0.830. The van der Waals surface area contributed by atoms with Gasteiger partial charge >= 0.3 is 0 Å². The second kappa shape index (κ2) is 4.13. The largest absolute Gasteiger partial charge is 0.317 e. The lowest BCUT2D eigenvalue weighted by Gasteiger charge is -2.08. The highest BCUT2D eigenvalue weighted by atomic mass is 15.2. The van der Waals surface area contributed by atoms with E-state index in [1.165, 1.54) is 31.2 Å². The highest BCUT2D eigenvalue weighted by molar-refractivity contribution is 5.05. The summed E-state index contributed by atoms with van der Waals surface area (Å²) in [5, 5.41) is 7.56. The Bertz CT molecular complexity index is 292. The van der Waals surface area contributed by atoms with Gasteiger partial charge in [-0.2, -0.15) is 5.10 Å². The average Bonchev–Trinajstić information content (AvgIpc) is 2.76. The zero-order valence-corrected chi connectivity index (χ0v) is 9.03. The van der Waals surface area contributed by atoms with Crippen molar-refractivity contribution >= 4 is 0 Å². The molecule has 1 saturated carbocycles. The zero-order valence-electron chi connectivity index (χ0n) is 9.03. The van der Waals surface area contributed by atoms with E-state index in [4.69, 9.17) is 0 Å². The lowest BCUT2D eigenvalue weighted by Crippen LogP contribution is -2.21. The van der Waals surface area contributed by atoms with E-state index in [2.05, 4.69) is 23.7 Å². The third kappa shape index (κ3) is 2.15. The lowest BCUT2D eigenvalue weighted by atomic mass is 10.00. The summed E-state index contributed by atoms with van der Waals surface area (Å²) in [6, 6.07) is 0.747. The van der Waals surface area contributed by atoms with Crippen molar-refractivity contribution in [2.75, 3.05) is 7.05 Å². The summed E-state index contributed by atoms with van der Waals surface area (Å²) in [4.78, 5) is 0. The van der Waals surface area contributed by atoms with E-state index in [1.54, 1.807) is 0 Å². The van der Waals surface area contributed by atoms with Crippen LogP contribution in [0.4, 0.5) is 0 Å². The number of aromatic nitrogens is 2. The first-order valence-electron chi connectivity index (χ1n) is 5.42. The molecule has 0 aromatic carbocycles. The summed E-state index contributed by atoms with van der Waals surface area (Å²) in [6.45, 7) is 0. The lowest BCUT2D eigenvalue weighted by molar-refractivity contribution is 0.510. The minimum absolute atomic E-state index is 0.747. The Balaban J connectivity index is 1.87. The van der Waals surface area contributed by atoms with Crippen molar-refractivity contribution in [3.8, 4) is 0 Å². The van der Waals surface area contributed by atoms with Gasteiger partial charge in [0.1, 0.15) is 0 Å². The first-order valence-corrected chi connectivity index (χ1v) is 5.42. The Morgan fingerprint density at radius 3 is 3.00 bits per heavy atom. The Kier molecular flexibility index (Phi) is 2.87. The van der Waals surface area contributed by atoms with Gasteiger partial charge in [0.15, 0.2) is 0 Å². The van der Waals surface area contributed by atoms with E-state index in [0.29, 0.717) is 0 Å². The second-order valence-corrected chi connectivity index (χ2v) is 4.39. The highest BCUT2D eigenvalue weighted by Gasteiger charge is 2.23. The van der Waals surface area contributed by atoms with E-state index < -0.39 is 0 Å². The fourth-order valence-electron chi connectivity index (χ4n) is 2.43. The molecule has 3 heteroatoms. The van der Waals surface area contributed by atoms with E-state index in [9.17, 15) is 0 Å². The maximum absolute atomic E-state index is 4.20. The van der Waals surface area contributed by atoms with Crippen LogP contribution in [0.3, 0.4) is 0 Å². The van der Waals surface area contributed by atoms with Gasteiger partial charge in [-0.3, -0.25) is 4.68 Å². The predicted molar refractivity (Wildman–Crippen MR) is 57.1 cm³/mol. The van der Waals surface area contributed by atoms with Crippen LogP contribution in [0.25, 0.3) is 0 Å². The fraction of sp³-hybridized carbons (Fsp3) is 0.727. The van der Waals surface area contributed by atoms with Gasteiger partial charge in [-0.1, -0.05) is 0 Å². The zero-order chi connectivity index (χ0) is 9.97. The molecule has 2 atom stereocenters. The molecule has 0 spiro atoms.